The smallest absolute Gasteiger partial charge is 0.136 e. The molecule has 4 nitrogen and oxygen atoms in total. The summed E-state index contributed by atoms with van der Waals surface area (Å²) < 4.78 is 2.03. The predicted molar refractivity (Wildman–Crippen MR) is 99.2 cm³/mol. The number of imidazole rings is 1. The van der Waals surface area contributed by atoms with E-state index in [0.717, 1.165) is 38.8 Å². The van der Waals surface area contributed by atoms with Crippen LogP contribution in [0.15, 0.2) is 85.7 Å². The second-order valence-electron chi connectivity index (χ2n) is 5.94. The van der Waals surface area contributed by atoms with Crippen molar-refractivity contribution in [3.05, 3.63) is 85.7 Å². The SMILES string of the molecule is c1cc(-c2ccnc3ccc(-c4ccc5nccn5c4)cc23)ccn1. The molecule has 118 valence electrons. The van der Waals surface area contributed by atoms with Gasteiger partial charge in [-0.15, -0.1) is 0 Å². The van der Waals surface area contributed by atoms with Crippen LogP contribution >= 0.6 is 0 Å². The molecule has 0 aliphatic heterocycles. The number of pyridine rings is 3. The van der Waals surface area contributed by atoms with Crippen molar-refractivity contribution in [1.29, 1.82) is 0 Å². The first-order chi connectivity index (χ1) is 12.4. The van der Waals surface area contributed by atoms with Crippen molar-refractivity contribution in [2.45, 2.75) is 0 Å². The van der Waals surface area contributed by atoms with Gasteiger partial charge in [-0.1, -0.05) is 6.07 Å². The average molecular weight is 322 g/mol. The zero-order chi connectivity index (χ0) is 16.6. The van der Waals surface area contributed by atoms with Crippen LogP contribution in [0.4, 0.5) is 0 Å². The van der Waals surface area contributed by atoms with Crippen LogP contribution in [0.25, 0.3) is 38.8 Å². The zero-order valence-corrected chi connectivity index (χ0v) is 13.4. The third-order valence-corrected chi connectivity index (χ3v) is 4.45. The van der Waals surface area contributed by atoms with Gasteiger partial charge < -0.3 is 4.40 Å². The molecule has 0 aliphatic rings. The summed E-state index contributed by atoms with van der Waals surface area (Å²) in [7, 11) is 0. The van der Waals surface area contributed by atoms with E-state index >= 15 is 0 Å². The summed E-state index contributed by atoms with van der Waals surface area (Å²) in [6.07, 6.45) is 11.4. The van der Waals surface area contributed by atoms with Crippen LogP contribution in [0.1, 0.15) is 0 Å². The van der Waals surface area contributed by atoms with Crippen LogP contribution < -0.4 is 0 Å². The molecule has 0 saturated heterocycles. The summed E-state index contributed by atoms with van der Waals surface area (Å²) in [5.41, 5.74) is 6.55. The van der Waals surface area contributed by atoms with E-state index in [1.165, 1.54) is 0 Å². The van der Waals surface area contributed by atoms with E-state index in [9.17, 15) is 0 Å². The highest BCUT2D eigenvalue weighted by atomic mass is 15.0. The lowest BCUT2D eigenvalue weighted by Crippen LogP contribution is -1.88. The lowest BCUT2D eigenvalue weighted by atomic mass is 9.98. The summed E-state index contributed by atoms with van der Waals surface area (Å²) >= 11 is 0. The normalized spacial score (nSPS) is 11.2. The van der Waals surface area contributed by atoms with Gasteiger partial charge in [0.15, 0.2) is 0 Å². The second kappa shape index (κ2) is 5.53. The first-order valence-electron chi connectivity index (χ1n) is 8.11. The average Bonchev–Trinajstić information content (AvgIpc) is 3.15. The van der Waals surface area contributed by atoms with E-state index in [1.807, 2.05) is 53.6 Å². The summed E-state index contributed by atoms with van der Waals surface area (Å²) in [6.45, 7) is 0. The maximum absolute atomic E-state index is 4.51. The first kappa shape index (κ1) is 13.9. The summed E-state index contributed by atoms with van der Waals surface area (Å²) in [6, 6.07) is 16.6. The van der Waals surface area contributed by atoms with Gasteiger partial charge in [-0.2, -0.15) is 0 Å². The van der Waals surface area contributed by atoms with Gasteiger partial charge in [-0.25, -0.2) is 4.98 Å². The van der Waals surface area contributed by atoms with Gasteiger partial charge in [0, 0.05) is 42.6 Å². The lowest BCUT2D eigenvalue weighted by molar-refractivity contribution is 1.19. The minimum absolute atomic E-state index is 0.948. The zero-order valence-electron chi connectivity index (χ0n) is 13.4. The maximum atomic E-state index is 4.51. The number of benzene rings is 1. The van der Waals surface area contributed by atoms with Crippen molar-refractivity contribution in [3.63, 3.8) is 0 Å². The Labute approximate surface area is 144 Å². The molecule has 0 amide bonds. The molecule has 0 radical (unpaired) electrons. The third kappa shape index (κ3) is 2.35. The molecule has 0 fully saturated rings. The molecule has 0 aliphatic carbocycles. The fraction of sp³-hybridized carbons (Fsp3) is 0. The van der Waals surface area contributed by atoms with Crippen LogP contribution in [0.3, 0.4) is 0 Å². The Kier molecular flexibility index (Phi) is 3.07. The lowest BCUT2D eigenvalue weighted by Gasteiger charge is -2.09. The van der Waals surface area contributed by atoms with Gasteiger partial charge >= 0.3 is 0 Å². The molecular weight excluding hydrogens is 308 g/mol. The summed E-state index contributed by atoms with van der Waals surface area (Å²) in [4.78, 5) is 12.9. The molecule has 4 heterocycles. The fourth-order valence-corrected chi connectivity index (χ4v) is 3.20. The Hall–Kier alpha value is -3.53. The monoisotopic (exact) mass is 322 g/mol. The van der Waals surface area contributed by atoms with E-state index in [4.69, 9.17) is 0 Å². The quantitative estimate of drug-likeness (QED) is 0.476. The third-order valence-electron chi connectivity index (χ3n) is 4.45. The topological polar surface area (TPSA) is 43.1 Å². The van der Waals surface area contributed by atoms with Crippen molar-refractivity contribution in [3.8, 4) is 22.3 Å². The van der Waals surface area contributed by atoms with Crippen LogP contribution in [0, 0.1) is 0 Å². The van der Waals surface area contributed by atoms with Crippen molar-refractivity contribution < 1.29 is 0 Å². The molecule has 25 heavy (non-hydrogen) atoms. The van der Waals surface area contributed by atoms with Crippen molar-refractivity contribution in [1.82, 2.24) is 19.4 Å². The van der Waals surface area contributed by atoms with Crippen LogP contribution in [-0.4, -0.2) is 19.4 Å². The minimum Gasteiger partial charge on any atom is -0.306 e. The van der Waals surface area contributed by atoms with Gasteiger partial charge in [0.25, 0.3) is 0 Å². The first-order valence-corrected chi connectivity index (χ1v) is 8.11. The molecule has 5 aromatic rings. The van der Waals surface area contributed by atoms with Crippen LogP contribution in [0.5, 0.6) is 0 Å². The second-order valence-corrected chi connectivity index (χ2v) is 5.94. The molecule has 0 spiro atoms. The molecular formula is C21H14N4. The van der Waals surface area contributed by atoms with Gasteiger partial charge in [0.05, 0.1) is 5.52 Å². The molecule has 1 aromatic carbocycles. The van der Waals surface area contributed by atoms with Gasteiger partial charge in [0.1, 0.15) is 5.65 Å². The number of rotatable bonds is 2. The highest BCUT2D eigenvalue weighted by Gasteiger charge is 2.07. The van der Waals surface area contributed by atoms with Gasteiger partial charge in [-0.05, 0) is 64.7 Å². The van der Waals surface area contributed by atoms with Crippen molar-refractivity contribution in [2.24, 2.45) is 0 Å². The summed E-state index contributed by atoms with van der Waals surface area (Å²) in [5.74, 6) is 0. The van der Waals surface area contributed by atoms with Crippen LogP contribution in [-0.2, 0) is 0 Å². The molecule has 0 atom stereocenters. The highest BCUT2D eigenvalue weighted by Crippen LogP contribution is 2.31. The molecule has 0 bridgehead atoms. The Morgan fingerprint density at radius 2 is 1.56 bits per heavy atom. The van der Waals surface area contributed by atoms with Crippen molar-refractivity contribution >= 4 is 16.6 Å². The van der Waals surface area contributed by atoms with E-state index < -0.39 is 0 Å². The Bertz CT molecular complexity index is 1190. The summed E-state index contributed by atoms with van der Waals surface area (Å²) in [5, 5.41) is 1.14. The molecule has 4 aromatic heterocycles. The molecule has 0 N–H and O–H groups in total. The fourth-order valence-electron chi connectivity index (χ4n) is 3.20. The van der Waals surface area contributed by atoms with E-state index in [1.54, 1.807) is 0 Å². The van der Waals surface area contributed by atoms with E-state index in [0.29, 0.717) is 0 Å². The molecule has 0 saturated carbocycles. The number of fused-ring (bicyclic) bond motifs is 2. The predicted octanol–water partition coefficient (Wildman–Crippen LogP) is 4.61. The van der Waals surface area contributed by atoms with Gasteiger partial charge in [0.2, 0.25) is 0 Å². The van der Waals surface area contributed by atoms with Gasteiger partial charge in [-0.3, -0.25) is 9.97 Å². The number of aromatic nitrogens is 4. The minimum atomic E-state index is 0.948. The molecule has 4 heteroatoms. The largest absolute Gasteiger partial charge is 0.306 e. The standard InChI is InChI=1S/C21H14N4/c1-3-20-19(18(7-10-23-20)15-5-8-22-9-6-15)13-16(1)17-2-4-21-24-11-12-25(21)14-17/h1-14H. The molecule has 0 unspecified atom stereocenters. The maximum Gasteiger partial charge on any atom is 0.136 e. The van der Waals surface area contributed by atoms with E-state index in [2.05, 4.69) is 51.5 Å². The van der Waals surface area contributed by atoms with Crippen molar-refractivity contribution in [2.75, 3.05) is 0 Å². The number of hydrogen-bond donors (Lipinski definition) is 0. The Morgan fingerprint density at radius 3 is 2.48 bits per heavy atom. The van der Waals surface area contributed by atoms with Crippen LogP contribution in [0.2, 0.25) is 0 Å². The van der Waals surface area contributed by atoms with E-state index in [-0.39, 0.29) is 0 Å². The Morgan fingerprint density at radius 1 is 0.680 bits per heavy atom. The molecule has 5 rings (SSSR count). The number of nitrogens with zero attached hydrogens (tertiary/aromatic N) is 4. The Balaban J connectivity index is 1.72. The highest BCUT2D eigenvalue weighted by molar-refractivity contribution is 5.96. The number of hydrogen-bond acceptors (Lipinski definition) is 3.